The van der Waals surface area contributed by atoms with E-state index in [-0.39, 0.29) is 12.0 Å². The van der Waals surface area contributed by atoms with Crippen LogP contribution in [0, 0.1) is 0 Å². The largest absolute Gasteiger partial charge is 0.480 e. The molecular weight excluding hydrogens is 382 g/mol. The first kappa shape index (κ1) is 16.0. The molecule has 3 aromatic rings. The zero-order chi connectivity index (χ0) is 16.7. The van der Waals surface area contributed by atoms with Crippen LogP contribution in [-0.2, 0) is 17.8 Å². The van der Waals surface area contributed by atoms with Gasteiger partial charge in [0.05, 0.1) is 20.5 Å². The normalized spacial score (nSPS) is 11.3. The molecular formula is C17H13BrClNO3. The molecule has 0 bridgehead atoms. The Morgan fingerprint density at radius 1 is 1.26 bits per heavy atom. The van der Waals surface area contributed by atoms with Crippen LogP contribution >= 0.6 is 27.5 Å². The van der Waals surface area contributed by atoms with Crippen molar-refractivity contribution < 1.29 is 9.90 Å². The molecule has 0 saturated carbocycles. The zero-order valence-electron chi connectivity index (χ0n) is 12.3. The van der Waals surface area contributed by atoms with Gasteiger partial charge in [0.2, 0.25) is 0 Å². The smallest absolute Gasteiger partial charge is 0.323 e. The predicted octanol–water partition coefficient (Wildman–Crippen LogP) is 4.22. The fraction of sp³-hybridized carbons (Fsp3) is 0.176. The van der Waals surface area contributed by atoms with Gasteiger partial charge in [0.1, 0.15) is 6.54 Å². The first-order chi connectivity index (χ1) is 10.9. The monoisotopic (exact) mass is 393 g/mol. The Labute approximate surface area is 145 Å². The van der Waals surface area contributed by atoms with Gasteiger partial charge < -0.3 is 9.67 Å². The summed E-state index contributed by atoms with van der Waals surface area (Å²) in [4.78, 5) is 24.1. The standard InChI is InChI=1S/C17H13BrClNO3/c1-2-9-3-4-10-13(7-9)20(8-14(21)22)16-11(17(10)23)5-6-12(19)15(16)18/h3-7H,2,8H2,1H3,(H,21,22). The van der Waals surface area contributed by atoms with Gasteiger partial charge in [0.25, 0.3) is 0 Å². The molecule has 2 aromatic carbocycles. The molecule has 118 valence electrons. The first-order valence-corrected chi connectivity index (χ1v) is 8.26. The van der Waals surface area contributed by atoms with Crippen LogP contribution in [-0.4, -0.2) is 15.6 Å². The summed E-state index contributed by atoms with van der Waals surface area (Å²) in [7, 11) is 0. The Morgan fingerprint density at radius 3 is 2.61 bits per heavy atom. The van der Waals surface area contributed by atoms with Crippen molar-refractivity contribution in [3.8, 4) is 0 Å². The summed E-state index contributed by atoms with van der Waals surface area (Å²) in [6.07, 6.45) is 0.798. The van der Waals surface area contributed by atoms with E-state index in [9.17, 15) is 14.7 Å². The SMILES string of the molecule is CCc1ccc2c(=O)c3ccc(Cl)c(Br)c3n(CC(=O)O)c2c1. The Balaban J connectivity index is 2.60. The highest BCUT2D eigenvalue weighted by Gasteiger charge is 2.17. The van der Waals surface area contributed by atoms with E-state index in [4.69, 9.17) is 11.6 Å². The number of aliphatic carboxylic acids is 1. The average Bonchev–Trinajstić information content (AvgIpc) is 2.53. The molecule has 0 aliphatic heterocycles. The number of halogens is 2. The van der Waals surface area contributed by atoms with Crippen LogP contribution in [0.2, 0.25) is 5.02 Å². The van der Waals surface area contributed by atoms with E-state index in [0.29, 0.717) is 31.3 Å². The summed E-state index contributed by atoms with van der Waals surface area (Å²) in [5, 5.41) is 10.7. The fourth-order valence-electron chi connectivity index (χ4n) is 2.76. The van der Waals surface area contributed by atoms with Crippen LogP contribution < -0.4 is 5.43 Å². The lowest BCUT2D eigenvalue weighted by molar-refractivity contribution is -0.137. The third kappa shape index (κ3) is 2.64. The number of carboxylic acids is 1. The lowest BCUT2D eigenvalue weighted by Gasteiger charge is -2.16. The van der Waals surface area contributed by atoms with Crippen molar-refractivity contribution in [1.82, 2.24) is 4.57 Å². The topological polar surface area (TPSA) is 59.3 Å². The number of carboxylic acid groups (broad SMARTS) is 1. The van der Waals surface area contributed by atoms with E-state index in [1.165, 1.54) is 0 Å². The minimum Gasteiger partial charge on any atom is -0.480 e. The maximum Gasteiger partial charge on any atom is 0.323 e. The van der Waals surface area contributed by atoms with E-state index in [1.54, 1.807) is 22.8 Å². The van der Waals surface area contributed by atoms with Gasteiger partial charge in [-0.3, -0.25) is 9.59 Å². The van der Waals surface area contributed by atoms with Gasteiger partial charge in [-0.2, -0.15) is 0 Å². The lowest BCUT2D eigenvalue weighted by Crippen LogP contribution is -2.16. The Morgan fingerprint density at radius 2 is 1.96 bits per heavy atom. The highest BCUT2D eigenvalue weighted by Crippen LogP contribution is 2.32. The third-order valence-electron chi connectivity index (χ3n) is 3.88. The number of pyridine rings is 1. The van der Waals surface area contributed by atoms with E-state index in [2.05, 4.69) is 15.9 Å². The molecule has 0 spiro atoms. The molecule has 6 heteroatoms. The van der Waals surface area contributed by atoms with Crippen molar-refractivity contribution >= 4 is 55.3 Å². The number of hydrogen-bond acceptors (Lipinski definition) is 2. The first-order valence-electron chi connectivity index (χ1n) is 7.09. The molecule has 1 aromatic heterocycles. The van der Waals surface area contributed by atoms with Crippen LogP contribution in [0.25, 0.3) is 21.8 Å². The van der Waals surface area contributed by atoms with Crippen molar-refractivity contribution in [3.63, 3.8) is 0 Å². The average molecular weight is 395 g/mol. The van der Waals surface area contributed by atoms with E-state index in [1.807, 2.05) is 19.1 Å². The van der Waals surface area contributed by atoms with Crippen LogP contribution in [0.15, 0.2) is 39.6 Å². The second-order valence-corrected chi connectivity index (χ2v) is 6.47. The summed E-state index contributed by atoms with van der Waals surface area (Å²) >= 11 is 9.54. The minimum absolute atomic E-state index is 0.128. The molecule has 1 N–H and O–H groups in total. The number of carbonyl (C=O) groups is 1. The van der Waals surface area contributed by atoms with Crippen LogP contribution in [0.3, 0.4) is 0 Å². The quantitative estimate of drug-likeness (QED) is 0.677. The van der Waals surface area contributed by atoms with Gasteiger partial charge in [0.15, 0.2) is 5.43 Å². The second-order valence-electron chi connectivity index (χ2n) is 5.27. The molecule has 0 saturated heterocycles. The molecule has 4 nitrogen and oxygen atoms in total. The van der Waals surface area contributed by atoms with E-state index < -0.39 is 5.97 Å². The molecule has 23 heavy (non-hydrogen) atoms. The van der Waals surface area contributed by atoms with Gasteiger partial charge >= 0.3 is 5.97 Å². The maximum atomic E-state index is 12.8. The summed E-state index contributed by atoms with van der Waals surface area (Å²) in [5.41, 5.74) is 2.02. The lowest BCUT2D eigenvalue weighted by atomic mass is 10.1. The van der Waals surface area contributed by atoms with Gasteiger partial charge in [-0.25, -0.2) is 0 Å². The number of aromatic nitrogens is 1. The van der Waals surface area contributed by atoms with Crippen molar-refractivity contribution in [2.75, 3.05) is 0 Å². The van der Waals surface area contributed by atoms with Crippen molar-refractivity contribution in [1.29, 1.82) is 0 Å². The second kappa shape index (κ2) is 5.98. The van der Waals surface area contributed by atoms with E-state index in [0.717, 1.165) is 12.0 Å². The minimum atomic E-state index is -0.981. The van der Waals surface area contributed by atoms with Crippen LogP contribution in [0.5, 0.6) is 0 Å². The Bertz CT molecular complexity index is 1010. The molecule has 0 aliphatic carbocycles. The maximum absolute atomic E-state index is 12.8. The van der Waals surface area contributed by atoms with Gasteiger partial charge in [-0.15, -0.1) is 0 Å². The van der Waals surface area contributed by atoms with Gasteiger partial charge in [-0.05, 0) is 52.2 Å². The number of nitrogens with zero attached hydrogens (tertiary/aromatic N) is 1. The number of fused-ring (bicyclic) bond motifs is 2. The Kier molecular flexibility index (Phi) is 4.17. The van der Waals surface area contributed by atoms with E-state index >= 15 is 0 Å². The fourth-order valence-corrected chi connectivity index (χ4v) is 3.48. The molecule has 0 aliphatic rings. The zero-order valence-corrected chi connectivity index (χ0v) is 14.6. The Hall–Kier alpha value is -1.85. The molecule has 0 amide bonds. The summed E-state index contributed by atoms with van der Waals surface area (Å²) in [6.45, 7) is 1.76. The molecule has 0 radical (unpaired) electrons. The molecule has 0 atom stereocenters. The van der Waals surface area contributed by atoms with Crippen molar-refractivity contribution in [2.45, 2.75) is 19.9 Å². The molecule has 0 unspecified atom stereocenters. The van der Waals surface area contributed by atoms with Crippen molar-refractivity contribution in [3.05, 3.63) is 55.6 Å². The number of rotatable bonds is 3. The molecule has 0 fully saturated rings. The summed E-state index contributed by atoms with van der Waals surface area (Å²) in [6, 6.07) is 8.79. The van der Waals surface area contributed by atoms with Gasteiger partial charge in [0, 0.05) is 10.8 Å². The number of aryl methyl sites for hydroxylation is 1. The van der Waals surface area contributed by atoms with Crippen LogP contribution in [0.1, 0.15) is 12.5 Å². The molecule has 3 rings (SSSR count). The predicted molar refractivity (Wildman–Crippen MR) is 95.4 cm³/mol. The third-order valence-corrected chi connectivity index (χ3v) is 5.23. The van der Waals surface area contributed by atoms with Crippen molar-refractivity contribution in [2.24, 2.45) is 0 Å². The highest BCUT2D eigenvalue weighted by atomic mass is 79.9. The molecule has 1 heterocycles. The summed E-state index contributed by atoms with van der Waals surface area (Å²) < 4.78 is 2.16. The van der Waals surface area contributed by atoms with Gasteiger partial charge in [-0.1, -0.05) is 24.6 Å². The summed E-state index contributed by atoms with van der Waals surface area (Å²) in [5.74, 6) is -0.981. The highest BCUT2D eigenvalue weighted by molar-refractivity contribution is 9.10. The van der Waals surface area contributed by atoms with Crippen LogP contribution in [0.4, 0.5) is 0 Å². The number of hydrogen-bond donors (Lipinski definition) is 1. The number of benzene rings is 2.